The highest BCUT2D eigenvalue weighted by Crippen LogP contribution is 2.25. The maximum atomic E-state index is 12.5. The van der Waals surface area contributed by atoms with E-state index in [1.54, 1.807) is 0 Å². The number of amides is 1. The Morgan fingerprint density at radius 3 is 2.00 bits per heavy atom. The predicted octanol–water partition coefficient (Wildman–Crippen LogP) is 3.27. The summed E-state index contributed by atoms with van der Waals surface area (Å²) in [7, 11) is 0. The Kier molecular flexibility index (Phi) is 4.14. The minimum atomic E-state index is 0.141. The van der Waals surface area contributed by atoms with Crippen molar-refractivity contribution < 1.29 is 4.79 Å². The number of hydrogen-bond acceptors (Lipinski definition) is 2. The van der Waals surface area contributed by atoms with Gasteiger partial charge in [0.25, 0.3) is 5.91 Å². The van der Waals surface area contributed by atoms with Crippen LogP contribution >= 0.6 is 0 Å². The summed E-state index contributed by atoms with van der Waals surface area (Å²) in [5, 5.41) is 0. The zero-order valence-electron chi connectivity index (χ0n) is 13.2. The summed E-state index contributed by atoms with van der Waals surface area (Å²) in [5.74, 6) is 0.141. The van der Waals surface area contributed by atoms with Crippen molar-refractivity contribution in [2.45, 2.75) is 13.8 Å². The van der Waals surface area contributed by atoms with Crippen LogP contribution in [0.15, 0.2) is 48.5 Å². The fourth-order valence-electron chi connectivity index (χ4n) is 3.20. The molecule has 0 unspecified atom stereocenters. The third kappa shape index (κ3) is 2.84. The molecule has 1 fully saturated rings. The van der Waals surface area contributed by atoms with Crippen molar-refractivity contribution in [2.24, 2.45) is 0 Å². The second-order valence-corrected chi connectivity index (χ2v) is 5.89. The first kappa shape index (κ1) is 14.6. The van der Waals surface area contributed by atoms with Gasteiger partial charge in [0, 0.05) is 37.4 Å². The fraction of sp³-hybridized carbons (Fsp3) is 0.316. The normalized spacial score (nSPS) is 15.0. The van der Waals surface area contributed by atoms with Crippen molar-refractivity contribution in [3.63, 3.8) is 0 Å². The first-order chi connectivity index (χ1) is 10.7. The van der Waals surface area contributed by atoms with Crippen LogP contribution in [-0.2, 0) is 0 Å². The van der Waals surface area contributed by atoms with Crippen LogP contribution in [0.5, 0.6) is 0 Å². The molecular formula is C19H22N2O. The number of piperazine rings is 1. The Hall–Kier alpha value is -2.29. The molecule has 1 amide bonds. The smallest absolute Gasteiger partial charge is 0.253 e. The van der Waals surface area contributed by atoms with E-state index in [9.17, 15) is 4.79 Å². The Morgan fingerprint density at radius 2 is 1.41 bits per heavy atom. The highest BCUT2D eigenvalue weighted by atomic mass is 16.2. The topological polar surface area (TPSA) is 23.6 Å². The van der Waals surface area contributed by atoms with Crippen LogP contribution in [0.1, 0.15) is 21.5 Å². The molecule has 0 spiro atoms. The van der Waals surface area contributed by atoms with Crippen LogP contribution in [0.2, 0.25) is 0 Å². The molecule has 2 aromatic carbocycles. The quantitative estimate of drug-likeness (QED) is 0.848. The van der Waals surface area contributed by atoms with Gasteiger partial charge in [-0.2, -0.15) is 0 Å². The van der Waals surface area contributed by atoms with Gasteiger partial charge < -0.3 is 9.80 Å². The van der Waals surface area contributed by atoms with Crippen LogP contribution in [0.4, 0.5) is 5.69 Å². The third-order valence-electron chi connectivity index (χ3n) is 4.34. The van der Waals surface area contributed by atoms with Crippen LogP contribution in [-0.4, -0.2) is 37.0 Å². The van der Waals surface area contributed by atoms with Crippen molar-refractivity contribution in [3.8, 4) is 0 Å². The molecule has 3 heteroatoms. The molecular weight excluding hydrogens is 272 g/mol. The number of carbonyl (C=O) groups is 1. The lowest BCUT2D eigenvalue weighted by molar-refractivity contribution is 0.0747. The zero-order valence-corrected chi connectivity index (χ0v) is 13.2. The van der Waals surface area contributed by atoms with Gasteiger partial charge >= 0.3 is 0 Å². The molecule has 0 radical (unpaired) electrons. The van der Waals surface area contributed by atoms with Crippen LogP contribution < -0.4 is 4.90 Å². The van der Waals surface area contributed by atoms with Gasteiger partial charge in [-0.25, -0.2) is 0 Å². The van der Waals surface area contributed by atoms with Crippen molar-refractivity contribution >= 4 is 11.6 Å². The maximum absolute atomic E-state index is 12.5. The molecule has 0 atom stereocenters. The van der Waals surface area contributed by atoms with Gasteiger partial charge in [0.15, 0.2) is 0 Å². The summed E-state index contributed by atoms with van der Waals surface area (Å²) >= 11 is 0. The van der Waals surface area contributed by atoms with E-state index in [0.29, 0.717) is 0 Å². The number of carbonyl (C=O) groups excluding carboxylic acids is 1. The van der Waals surface area contributed by atoms with Crippen LogP contribution in [0.25, 0.3) is 0 Å². The van der Waals surface area contributed by atoms with E-state index in [2.05, 4.69) is 36.9 Å². The molecule has 1 aliphatic rings. The van der Waals surface area contributed by atoms with E-state index in [4.69, 9.17) is 0 Å². The van der Waals surface area contributed by atoms with Crippen molar-refractivity contribution in [3.05, 3.63) is 65.2 Å². The number of hydrogen-bond donors (Lipinski definition) is 0. The highest BCUT2D eigenvalue weighted by Gasteiger charge is 2.23. The first-order valence-electron chi connectivity index (χ1n) is 7.82. The van der Waals surface area contributed by atoms with Crippen molar-refractivity contribution in [1.82, 2.24) is 4.90 Å². The molecule has 22 heavy (non-hydrogen) atoms. The molecule has 2 aromatic rings. The highest BCUT2D eigenvalue weighted by molar-refractivity contribution is 5.94. The summed E-state index contributed by atoms with van der Waals surface area (Å²) in [6, 6.07) is 16.0. The number of anilines is 1. The molecule has 0 aromatic heterocycles. The van der Waals surface area contributed by atoms with E-state index in [-0.39, 0.29) is 5.91 Å². The first-order valence-corrected chi connectivity index (χ1v) is 7.82. The Bertz CT molecular complexity index is 638. The molecule has 0 bridgehead atoms. The standard InChI is InChI=1S/C19H22N2O/c1-15-7-6-8-16(2)18(15)20-11-13-21(14-12-20)19(22)17-9-4-3-5-10-17/h3-10H,11-14H2,1-2H3. The lowest BCUT2D eigenvalue weighted by atomic mass is 10.1. The number of nitrogens with zero attached hydrogens (tertiary/aromatic N) is 2. The van der Waals surface area contributed by atoms with Gasteiger partial charge in [-0.05, 0) is 37.1 Å². The van der Waals surface area contributed by atoms with E-state index < -0.39 is 0 Å². The summed E-state index contributed by atoms with van der Waals surface area (Å²) < 4.78 is 0. The summed E-state index contributed by atoms with van der Waals surface area (Å²) in [5.41, 5.74) is 4.73. The van der Waals surface area contributed by atoms with Crippen LogP contribution in [0.3, 0.4) is 0 Å². The average molecular weight is 294 g/mol. The Labute approximate surface area is 132 Å². The Morgan fingerprint density at radius 1 is 0.818 bits per heavy atom. The number of para-hydroxylation sites is 1. The second-order valence-electron chi connectivity index (χ2n) is 5.89. The molecule has 1 aliphatic heterocycles. The predicted molar refractivity (Wildman–Crippen MR) is 90.5 cm³/mol. The summed E-state index contributed by atoms with van der Waals surface area (Å²) in [6.07, 6.45) is 0. The lowest BCUT2D eigenvalue weighted by Gasteiger charge is -2.37. The van der Waals surface area contributed by atoms with E-state index >= 15 is 0 Å². The zero-order chi connectivity index (χ0) is 15.5. The van der Waals surface area contributed by atoms with E-state index in [0.717, 1.165) is 31.7 Å². The molecule has 1 saturated heterocycles. The van der Waals surface area contributed by atoms with E-state index in [1.807, 2.05) is 35.2 Å². The van der Waals surface area contributed by atoms with Gasteiger partial charge in [0.1, 0.15) is 0 Å². The molecule has 0 aliphatic carbocycles. The minimum absolute atomic E-state index is 0.141. The molecule has 0 saturated carbocycles. The van der Waals surface area contributed by atoms with Gasteiger partial charge in [-0.15, -0.1) is 0 Å². The molecule has 3 rings (SSSR count). The number of benzene rings is 2. The summed E-state index contributed by atoms with van der Waals surface area (Å²) in [4.78, 5) is 16.8. The van der Waals surface area contributed by atoms with Crippen LogP contribution in [0, 0.1) is 13.8 Å². The van der Waals surface area contributed by atoms with Gasteiger partial charge in [0.05, 0.1) is 0 Å². The lowest BCUT2D eigenvalue weighted by Crippen LogP contribution is -2.49. The van der Waals surface area contributed by atoms with E-state index in [1.165, 1.54) is 16.8 Å². The number of rotatable bonds is 2. The molecule has 3 nitrogen and oxygen atoms in total. The molecule has 0 N–H and O–H groups in total. The molecule has 114 valence electrons. The van der Waals surface area contributed by atoms with Crippen molar-refractivity contribution in [2.75, 3.05) is 31.1 Å². The summed E-state index contributed by atoms with van der Waals surface area (Å²) in [6.45, 7) is 7.66. The van der Waals surface area contributed by atoms with Crippen molar-refractivity contribution in [1.29, 1.82) is 0 Å². The minimum Gasteiger partial charge on any atom is -0.368 e. The van der Waals surface area contributed by atoms with Gasteiger partial charge in [-0.3, -0.25) is 4.79 Å². The molecule has 1 heterocycles. The third-order valence-corrected chi connectivity index (χ3v) is 4.34. The monoisotopic (exact) mass is 294 g/mol. The second kappa shape index (κ2) is 6.22. The SMILES string of the molecule is Cc1cccc(C)c1N1CCN(C(=O)c2ccccc2)CC1. The maximum Gasteiger partial charge on any atom is 0.253 e. The number of aryl methyl sites for hydroxylation is 2. The Balaban J connectivity index is 1.69. The largest absolute Gasteiger partial charge is 0.368 e. The van der Waals surface area contributed by atoms with Gasteiger partial charge in [-0.1, -0.05) is 36.4 Å². The average Bonchev–Trinajstić information content (AvgIpc) is 2.55. The fourth-order valence-corrected chi connectivity index (χ4v) is 3.20. The van der Waals surface area contributed by atoms with Gasteiger partial charge in [0.2, 0.25) is 0 Å².